The van der Waals surface area contributed by atoms with E-state index >= 15 is 0 Å². The van der Waals surface area contributed by atoms with E-state index in [1.54, 1.807) is 40.4 Å². The predicted octanol–water partition coefficient (Wildman–Crippen LogP) is 6.16. The van der Waals surface area contributed by atoms with Gasteiger partial charge in [-0.2, -0.15) is 5.10 Å². The van der Waals surface area contributed by atoms with Crippen LogP contribution >= 0.6 is 46.8 Å². The molecule has 10 heteroatoms. The second-order valence-corrected chi connectivity index (χ2v) is 9.79. The van der Waals surface area contributed by atoms with E-state index in [1.165, 1.54) is 18.4 Å². The lowest BCUT2D eigenvalue weighted by atomic mass is 10.1. The zero-order valence-electron chi connectivity index (χ0n) is 17.4. The quantitative estimate of drug-likeness (QED) is 0.244. The van der Waals surface area contributed by atoms with Crippen LogP contribution in [0.4, 0.5) is 10.7 Å². The highest BCUT2D eigenvalue weighted by molar-refractivity contribution is 7.80. The van der Waals surface area contributed by atoms with Gasteiger partial charge < -0.3 is 15.4 Å². The molecule has 4 rings (SSSR count). The first-order chi connectivity index (χ1) is 15.5. The van der Waals surface area contributed by atoms with E-state index in [1.807, 2.05) is 6.20 Å². The molecular formula is C22H22Cl2N4O2S2. The second-order valence-electron chi connectivity index (χ2n) is 7.47. The maximum Gasteiger partial charge on any atom is 0.341 e. The highest BCUT2D eigenvalue weighted by atomic mass is 35.5. The summed E-state index contributed by atoms with van der Waals surface area (Å²) in [6, 6.07) is 5.40. The van der Waals surface area contributed by atoms with Gasteiger partial charge >= 0.3 is 5.97 Å². The van der Waals surface area contributed by atoms with Gasteiger partial charge in [-0.3, -0.25) is 4.68 Å². The number of thiocarbonyl (C=S) groups is 1. The summed E-state index contributed by atoms with van der Waals surface area (Å²) in [6.45, 7) is 0.435. The molecule has 168 valence electrons. The molecule has 1 aliphatic carbocycles. The van der Waals surface area contributed by atoms with Crippen LogP contribution in [0.1, 0.15) is 45.6 Å². The van der Waals surface area contributed by atoms with Crippen LogP contribution in [0.5, 0.6) is 0 Å². The first-order valence-electron chi connectivity index (χ1n) is 10.2. The summed E-state index contributed by atoms with van der Waals surface area (Å²) >= 11 is 19.6. The molecule has 2 heterocycles. The number of halogens is 2. The molecular weight excluding hydrogens is 487 g/mol. The van der Waals surface area contributed by atoms with Crippen molar-refractivity contribution in [3.05, 3.63) is 62.2 Å². The molecule has 2 N–H and O–H groups in total. The third-order valence-corrected chi connectivity index (χ3v) is 7.43. The highest BCUT2D eigenvalue weighted by Crippen LogP contribution is 2.38. The van der Waals surface area contributed by atoms with E-state index in [0.29, 0.717) is 33.0 Å². The number of thiophene rings is 1. The standard InChI is InChI=1S/C22H22Cl2N4O2S2/c1-30-21(29)19-14-6-3-2-4-9-18(14)32-20(19)27-22(31)26-13-10-25-28(11-13)12-15-16(23)7-5-8-17(15)24/h5,7-8,10-11H,2-4,6,9,12H2,1H3,(H2,26,27,31). The minimum absolute atomic E-state index is 0.334. The van der Waals surface area contributed by atoms with Crippen molar-refractivity contribution >= 4 is 68.5 Å². The van der Waals surface area contributed by atoms with Crippen molar-refractivity contribution in [2.24, 2.45) is 0 Å². The van der Waals surface area contributed by atoms with Crippen molar-refractivity contribution in [3.63, 3.8) is 0 Å². The molecule has 32 heavy (non-hydrogen) atoms. The molecule has 0 bridgehead atoms. The number of aromatic nitrogens is 2. The Morgan fingerprint density at radius 3 is 2.72 bits per heavy atom. The zero-order valence-corrected chi connectivity index (χ0v) is 20.6. The van der Waals surface area contributed by atoms with Crippen LogP contribution in [0.25, 0.3) is 0 Å². The van der Waals surface area contributed by atoms with Crippen LogP contribution in [0.15, 0.2) is 30.6 Å². The van der Waals surface area contributed by atoms with E-state index in [2.05, 4.69) is 15.7 Å². The lowest BCUT2D eigenvalue weighted by Gasteiger charge is -2.10. The van der Waals surface area contributed by atoms with Gasteiger partial charge in [0.1, 0.15) is 5.00 Å². The maximum atomic E-state index is 12.5. The monoisotopic (exact) mass is 508 g/mol. The molecule has 0 amide bonds. The average Bonchev–Trinajstić information content (AvgIpc) is 3.26. The minimum Gasteiger partial charge on any atom is -0.465 e. The molecule has 0 fully saturated rings. The fourth-order valence-electron chi connectivity index (χ4n) is 3.77. The number of ether oxygens (including phenoxy) is 1. The van der Waals surface area contributed by atoms with E-state index < -0.39 is 0 Å². The number of anilines is 2. The van der Waals surface area contributed by atoms with E-state index in [-0.39, 0.29) is 5.97 Å². The number of rotatable bonds is 5. The van der Waals surface area contributed by atoms with Gasteiger partial charge in [0.2, 0.25) is 0 Å². The van der Waals surface area contributed by atoms with Crippen LogP contribution in [0, 0.1) is 0 Å². The molecule has 6 nitrogen and oxygen atoms in total. The molecule has 0 atom stereocenters. The molecule has 0 saturated heterocycles. The van der Waals surface area contributed by atoms with E-state index in [9.17, 15) is 4.79 Å². The van der Waals surface area contributed by atoms with Crippen LogP contribution in [-0.2, 0) is 24.1 Å². The largest absolute Gasteiger partial charge is 0.465 e. The average molecular weight is 509 g/mol. The predicted molar refractivity (Wildman–Crippen MR) is 135 cm³/mol. The summed E-state index contributed by atoms with van der Waals surface area (Å²) in [5, 5.41) is 12.9. The second kappa shape index (κ2) is 10.2. The maximum absolute atomic E-state index is 12.5. The number of hydrogen-bond acceptors (Lipinski definition) is 5. The number of fused-ring (bicyclic) bond motifs is 1. The summed E-state index contributed by atoms with van der Waals surface area (Å²) in [5.41, 5.74) is 3.20. The molecule has 0 spiro atoms. The van der Waals surface area contributed by atoms with Gasteiger partial charge in [0.15, 0.2) is 5.11 Å². The van der Waals surface area contributed by atoms with Crippen molar-refractivity contribution in [2.45, 2.75) is 38.6 Å². The molecule has 0 radical (unpaired) electrons. The Hall–Kier alpha value is -2.13. The number of nitrogens with one attached hydrogen (secondary N) is 2. The first kappa shape index (κ1) is 23.0. The number of hydrogen-bond donors (Lipinski definition) is 2. The van der Waals surface area contributed by atoms with Gasteiger partial charge in [0.25, 0.3) is 0 Å². The lowest BCUT2D eigenvalue weighted by molar-refractivity contribution is 0.0601. The molecule has 0 saturated carbocycles. The number of methoxy groups -OCH3 is 1. The molecule has 0 unspecified atom stereocenters. The number of nitrogens with zero attached hydrogens (tertiary/aromatic N) is 2. The number of benzene rings is 1. The van der Waals surface area contributed by atoms with Crippen molar-refractivity contribution in [2.75, 3.05) is 17.7 Å². The topological polar surface area (TPSA) is 68.2 Å². The highest BCUT2D eigenvalue weighted by Gasteiger charge is 2.25. The van der Waals surface area contributed by atoms with Gasteiger partial charge in [-0.15, -0.1) is 11.3 Å². The van der Waals surface area contributed by atoms with Gasteiger partial charge in [-0.1, -0.05) is 35.7 Å². The van der Waals surface area contributed by atoms with Crippen molar-refractivity contribution < 1.29 is 9.53 Å². The van der Waals surface area contributed by atoms with Crippen LogP contribution in [0.2, 0.25) is 10.0 Å². The summed E-state index contributed by atoms with van der Waals surface area (Å²) in [6.07, 6.45) is 8.73. The molecule has 0 aliphatic heterocycles. The minimum atomic E-state index is -0.334. The normalized spacial score (nSPS) is 13.2. The third-order valence-electron chi connectivity index (χ3n) is 5.31. The van der Waals surface area contributed by atoms with Crippen molar-refractivity contribution in [3.8, 4) is 0 Å². The zero-order chi connectivity index (χ0) is 22.7. The summed E-state index contributed by atoms with van der Waals surface area (Å²) < 4.78 is 6.78. The van der Waals surface area contributed by atoms with Gasteiger partial charge in [-0.05, 0) is 55.6 Å². The van der Waals surface area contributed by atoms with Gasteiger partial charge in [0.05, 0.1) is 31.1 Å². The summed E-state index contributed by atoms with van der Waals surface area (Å²) in [4.78, 5) is 13.7. The van der Waals surface area contributed by atoms with E-state index in [0.717, 1.165) is 41.8 Å². The van der Waals surface area contributed by atoms with Crippen LogP contribution < -0.4 is 10.6 Å². The van der Waals surface area contributed by atoms with E-state index in [4.69, 9.17) is 40.2 Å². The Morgan fingerprint density at radius 2 is 1.97 bits per heavy atom. The van der Waals surface area contributed by atoms with Crippen molar-refractivity contribution in [1.82, 2.24) is 9.78 Å². The number of carbonyl (C=O) groups is 1. The fraction of sp³-hybridized carbons (Fsp3) is 0.318. The van der Waals surface area contributed by atoms with Gasteiger partial charge in [-0.25, -0.2) is 4.79 Å². The Morgan fingerprint density at radius 1 is 1.22 bits per heavy atom. The summed E-state index contributed by atoms with van der Waals surface area (Å²) in [7, 11) is 1.41. The first-order valence-corrected chi connectivity index (χ1v) is 12.2. The van der Waals surface area contributed by atoms with Crippen LogP contribution in [0.3, 0.4) is 0 Å². The lowest BCUT2D eigenvalue weighted by Crippen LogP contribution is -2.20. The van der Waals surface area contributed by atoms with Crippen molar-refractivity contribution in [1.29, 1.82) is 0 Å². The fourth-order valence-corrected chi connectivity index (χ4v) is 5.86. The molecule has 1 aromatic carbocycles. The number of esters is 1. The Labute approximate surface area is 205 Å². The Kier molecular flexibility index (Phi) is 7.35. The number of carbonyl (C=O) groups excluding carboxylic acids is 1. The Bertz CT molecular complexity index is 1140. The van der Waals surface area contributed by atoms with Crippen LogP contribution in [-0.4, -0.2) is 28.0 Å². The SMILES string of the molecule is COC(=O)c1c(NC(=S)Nc2cnn(Cc3c(Cl)cccc3Cl)c2)sc2c1CCCCC2. The molecule has 3 aromatic rings. The third kappa shape index (κ3) is 5.09. The van der Waals surface area contributed by atoms with Gasteiger partial charge in [0, 0.05) is 26.7 Å². The number of aryl methyl sites for hydroxylation is 1. The molecule has 2 aromatic heterocycles. The molecule has 1 aliphatic rings. The Balaban J connectivity index is 1.47. The summed E-state index contributed by atoms with van der Waals surface area (Å²) in [5.74, 6) is -0.334. The smallest absolute Gasteiger partial charge is 0.341 e.